The van der Waals surface area contributed by atoms with E-state index in [-0.39, 0.29) is 23.4 Å². The third kappa shape index (κ3) is 4.89. The van der Waals surface area contributed by atoms with Gasteiger partial charge in [0.25, 0.3) is 10.0 Å². The molecule has 1 aliphatic rings. The van der Waals surface area contributed by atoms with Crippen molar-refractivity contribution < 1.29 is 13.2 Å². The average molecular weight is 387 g/mol. The summed E-state index contributed by atoms with van der Waals surface area (Å²) in [5.41, 5.74) is 1.52. The van der Waals surface area contributed by atoms with Crippen molar-refractivity contribution in [2.75, 3.05) is 10.8 Å². The Morgan fingerprint density at radius 3 is 2.26 bits per heavy atom. The Labute approximate surface area is 161 Å². The zero-order valence-corrected chi connectivity index (χ0v) is 16.4. The second-order valence-corrected chi connectivity index (χ2v) is 8.93. The Morgan fingerprint density at radius 2 is 1.63 bits per heavy atom. The van der Waals surface area contributed by atoms with Crippen LogP contribution >= 0.6 is 0 Å². The van der Waals surface area contributed by atoms with Crippen LogP contribution in [0.5, 0.6) is 0 Å². The lowest BCUT2D eigenvalue weighted by atomic mass is 9.95. The lowest BCUT2D eigenvalue weighted by Gasteiger charge is -2.27. The van der Waals surface area contributed by atoms with Gasteiger partial charge in [0.15, 0.2) is 0 Å². The van der Waals surface area contributed by atoms with Gasteiger partial charge in [0.1, 0.15) is 6.54 Å². The first-order chi connectivity index (χ1) is 13.0. The van der Waals surface area contributed by atoms with Gasteiger partial charge < -0.3 is 5.32 Å². The van der Waals surface area contributed by atoms with E-state index in [1.807, 2.05) is 19.1 Å². The van der Waals surface area contributed by atoms with Gasteiger partial charge in [-0.1, -0.05) is 55.2 Å². The molecule has 1 aliphatic carbocycles. The summed E-state index contributed by atoms with van der Waals surface area (Å²) < 4.78 is 27.6. The van der Waals surface area contributed by atoms with Crippen molar-refractivity contribution >= 4 is 21.6 Å². The molecular formula is C21H26N2O3S. The molecule has 2 aromatic carbocycles. The van der Waals surface area contributed by atoms with Crippen LogP contribution in [0.2, 0.25) is 0 Å². The number of carbonyl (C=O) groups excluding carboxylic acids is 1. The summed E-state index contributed by atoms with van der Waals surface area (Å²) in [6.45, 7) is 1.71. The molecule has 0 aromatic heterocycles. The Bertz CT molecular complexity index is 858. The number of amides is 1. The zero-order valence-electron chi connectivity index (χ0n) is 15.6. The van der Waals surface area contributed by atoms with E-state index < -0.39 is 10.0 Å². The van der Waals surface area contributed by atoms with E-state index in [1.165, 1.54) is 10.7 Å². The Balaban J connectivity index is 1.86. The van der Waals surface area contributed by atoms with E-state index >= 15 is 0 Å². The third-order valence-corrected chi connectivity index (χ3v) is 6.70. The minimum absolute atomic E-state index is 0.144. The van der Waals surface area contributed by atoms with E-state index in [9.17, 15) is 13.2 Å². The van der Waals surface area contributed by atoms with Crippen LogP contribution in [-0.4, -0.2) is 26.9 Å². The molecule has 0 radical (unpaired) electrons. The highest BCUT2D eigenvalue weighted by molar-refractivity contribution is 7.92. The van der Waals surface area contributed by atoms with Crippen molar-refractivity contribution in [1.82, 2.24) is 5.32 Å². The molecule has 0 aliphatic heterocycles. The van der Waals surface area contributed by atoms with Gasteiger partial charge in [-0.05, 0) is 44.0 Å². The highest BCUT2D eigenvalue weighted by atomic mass is 32.2. The number of anilines is 1. The van der Waals surface area contributed by atoms with Gasteiger partial charge in [0, 0.05) is 6.04 Å². The maximum absolute atomic E-state index is 13.2. The van der Waals surface area contributed by atoms with Crippen LogP contribution in [-0.2, 0) is 14.8 Å². The topological polar surface area (TPSA) is 66.5 Å². The van der Waals surface area contributed by atoms with Crippen molar-refractivity contribution in [3.05, 3.63) is 60.2 Å². The maximum Gasteiger partial charge on any atom is 0.264 e. The van der Waals surface area contributed by atoms with Crippen LogP contribution in [0.1, 0.15) is 37.7 Å². The largest absolute Gasteiger partial charge is 0.352 e. The molecule has 1 saturated carbocycles. The molecule has 0 saturated heterocycles. The monoisotopic (exact) mass is 386 g/mol. The fourth-order valence-corrected chi connectivity index (χ4v) is 4.84. The molecule has 0 unspecified atom stereocenters. The number of benzene rings is 2. The molecule has 1 fully saturated rings. The van der Waals surface area contributed by atoms with Gasteiger partial charge >= 0.3 is 0 Å². The average Bonchev–Trinajstić information content (AvgIpc) is 2.68. The van der Waals surface area contributed by atoms with Crippen molar-refractivity contribution in [2.45, 2.75) is 50.0 Å². The Hall–Kier alpha value is -2.34. The van der Waals surface area contributed by atoms with E-state index in [0.717, 1.165) is 31.2 Å². The highest BCUT2D eigenvalue weighted by Crippen LogP contribution is 2.24. The van der Waals surface area contributed by atoms with Crippen LogP contribution in [0.15, 0.2) is 59.5 Å². The van der Waals surface area contributed by atoms with Gasteiger partial charge in [-0.15, -0.1) is 0 Å². The molecule has 0 heterocycles. The number of hydrogen-bond donors (Lipinski definition) is 1. The van der Waals surface area contributed by atoms with Gasteiger partial charge in [0.05, 0.1) is 10.6 Å². The van der Waals surface area contributed by atoms with E-state index in [1.54, 1.807) is 42.5 Å². The molecule has 3 rings (SSSR count). The van der Waals surface area contributed by atoms with Crippen LogP contribution in [0.3, 0.4) is 0 Å². The molecule has 0 bridgehead atoms. The summed E-state index contributed by atoms with van der Waals surface area (Å²) >= 11 is 0. The van der Waals surface area contributed by atoms with E-state index in [2.05, 4.69) is 5.32 Å². The first-order valence-corrected chi connectivity index (χ1v) is 10.8. The lowest BCUT2D eigenvalue weighted by molar-refractivity contribution is -0.120. The molecule has 0 atom stereocenters. The van der Waals surface area contributed by atoms with Gasteiger partial charge in [0.2, 0.25) is 5.91 Å². The van der Waals surface area contributed by atoms with Gasteiger partial charge in [-0.25, -0.2) is 8.42 Å². The third-order valence-electron chi connectivity index (χ3n) is 4.91. The molecular weight excluding hydrogens is 360 g/mol. The zero-order chi connectivity index (χ0) is 19.3. The molecule has 0 spiro atoms. The van der Waals surface area contributed by atoms with Gasteiger partial charge in [-0.3, -0.25) is 9.10 Å². The summed E-state index contributed by atoms with van der Waals surface area (Å²) in [5.74, 6) is -0.262. The predicted molar refractivity (Wildman–Crippen MR) is 107 cm³/mol. The Morgan fingerprint density at radius 1 is 1.00 bits per heavy atom. The second kappa shape index (κ2) is 8.57. The maximum atomic E-state index is 13.2. The van der Waals surface area contributed by atoms with E-state index in [0.29, 0.717) is 5.69 Å². The fourth-order valence-electron chi connectivity index (χ4n) is 3.40. The molecule has 144 valence electrons. The highest BCUT2D eigenvalue weighted by Gasteiger charge is 2.28. The number of nitrogens with zero attached hydrogens (tertiary/aromatic N) is 1. The van der Waals surface area contributed by atoms with E-state index in [4.69, 9.17) is 0 Å². The Kier molecular flexibility index (Phi) is 6.16. The molecule has 1 N–H and O–H groups in total. The van der Waals surface area contributed by atoms with Crippen molar-refractivity contribution in [3.63, 3.8) is 0 Å². The summed E-state index contributed by atoms with van der Waals surface area (Å²) in [4.78, 5) is 12.8. The smallest absolute Gasteiger partial charge is 0.264 e. The van der Waals surface area contributed by atoms with Crippen molar-refractivity contribution in [2.24, 2.45) is 0 Å². The fraction of sp³-hybridized carbons (Fsp3) is 0.381. The number of carbonyl (C=O) groups is 1. The minimum atomic E-state index is -3.83. The van der Waals surface area contributed by atoms with Crippen LogP contribution in [0.25, 0.3) is 0 Å². The first kappa shape index (κ1) is 19.4. The predicted octanol–water partition coefficient (Wildman–Crippen LogP) is 3.64. The van der Waals surface area contributed by atoms with Gasteiger partial charge in [-0.2, -0.15) is 0 Å². The molecule has 27 heavy (non-hydrogen) atoms. The van der Waals surface area contributed by atoms with Crippen LogP contribution in [0.4, 0.5) is 5.69 Å². The first-order valence-electron chi connectivity index (χ1n) is 9.40. The minimum Gasteiger partial charge on any atom is -0.352 e. The molecule has 1 amide bonds. The molecule has 2 aromatic rings. The number of aryl methyl sites for hydroxylation is 1. The standard InChI is InChI=1S/C21H26N2O3S/c1-17-12-14-19(15-13-17)23(27(25,26)20-10-6-3-7-11-20)16-21(24)22-18-8-4-2-5-9-18/h3,6-7,10-15,18H,2,4-5,8-9,16H2,1H3,(H,22,24). The van der Waals surface area contributed by atoms with Crippen molar-refractivity contribution in [1.29, 1.82) is 0 Å². The van der Waals surface area contributed by atoms with Crippen LogP contribution in [0, 0.1) is 6.92 Å². The SMILES string of the molecule is Cc1ccc(N(CC(=O)NC2CCCCC2)S(=O)(=O)c2ccccc2)cc1. The molecule has 5 nitrogen and oxygen atoms in total. The second-order valence-electron chi connectivity index (χ2n) is 7.06. The van der Waals surface area contributed by atoms with Crippen molar-refractivity contribution in [3.8, 4) is 0 Å². The summed E-state index contributed by atoms with van der Waals surface area (Å²) in [5, 5.41) is 3.01. The number of hydrogen-bond acceptors (Lipinski definition) is 3. The number of rotatable bonds is 6. The van der Waals surface area contributed by atoms with Crippen LogP contribution < -0.4 is 9.62 Å². The normalized spacial score (nSPS) is 15.3. The molecule has 6 heteroatoms. The quantitative estimate of drug-likeness (QED) is 0.824. The number of nitrogens with one attached hydrogen (secondary N) is 1. The summed E-state index contributed by atoms with van der Waals surface area (Å²) in [6.07, 6.45) is 5.33. The summed E-state index contributed by atoms with van der Waals surface area (Å²) in [7, 11) is -3.83. The number of sulfonamides is 1. The lowest BCUT2D eigenvalue weighted by Crippen LogP contribution is -2.44. The summed E-state index contributed by atoms with van der Waals surface area (Å²) in [6, 6.07) is 15.6.